The number of Topliss-reactive ketones (excluding diaryl/α,β-unsaturated/α-hetero) is 1. The van der Waals surface area contributed by atoms with E-state index in [0.717, 1.165) is 44.1 Å². The Kier molecular flexibility index (Phi) is 7.92. The fourth-order valence-corrected chi connectivity index (χ4v) is 9.14. The molecule has 0 bridgehead atoms. The number of hydrogen-bond acceptors (Lipinski definition) is 4. The topological polar surface area (TPSA) is 46.6 Å². The molecule has 3 unspecified atom stereocenters. The van der Waals surface area contributed by atoms with Crippen molar-refractivity contribution in [2.45, 2.75) is 130 Å². The van der Waals surface area contributed by atoms with Crippen LogP contribution in [0.2, 0.25) is 0 Å². The molecule has 4 aliphatic rings. The van der Waals surface area contributed by atoms with E-state index in [1.54, 1.807) is 0 Å². The Hall–Kier alpha value is -1.16. The van der Waals surface area contributed by atoms with Crippen molar-refractivity contribution in [3.63, 3.8) is 0 Å². The third kappa shape index (κ3) is 5.03. The molecule has 9 atom stereocenters. The number of ketones is 1. The van der Waals surface area contributed by atoms with Crippen LogP contribution in [0.4, 0.5) is 0 Å². The standard InChI is InChI=1S/C31H51NO3/c1-20(2)9-8-10-21(3)19-29(34)35-23(5)25-11-12-26-24-15-18-32-22(4)28(33)14-17-31(32,7)27(24)13-16-30(25,26)6/h9,21-27H,8,10-19H2,1-7H3/t21?,22?,23?,24-,25+,26-,27-,30+,31+/m0/s1. The monoisotopic (exact) mass is 485 g/mol. The first-order valence-corrected chi connectivity index (χ1v) is 14.6. The quantitative estimate of drug-likeness (QED) is 0.289. The van der Waals surface area contributed by atoms with Gasteiger partial charge in [0.15, 0.2) is 0 Å². The molecule has 2 aliphatic heterocycles. The van der Waals surface area contributed by atoms with E-state index in [9.17, 15) is 9.59 Å². The first-order chi connectivity index (χ1) is 16.5. The fourth-order valence-electron chi connectivity index (χ4n) is 9.14. The molecule has 0 spiro atoms. The van der Waals surface area contributed by atoms with Gasteiger partial charge in [-0.05, 0) is 122 Å². The lowest BCUT2D eigenvalue weighted by molar-refractivity contribution is -0.163. The Balaban J connectivity index is 1.38. The molecule has 2 saturated heterocycles. The van der Waals surface area contributed by atoms with Crippen LogP contribution in [0.5, 0.6) is 0 Å². The molecule has 2 heterocycles. The normalized spacial score (nSPS) is 40.8. The first-order valence-electron chi connectivity index (χ1n) is 14.6. The highest BCUT2D eigenvalue weighted by Crippen LogP contribution is 2.64. The van der Waals surface area contributed by atoms with Crippen LogP contribution < -0.4 is 0 Å². The van der Waals surface area contributed by atoms with Crippen LogP contribution in [0.25, 0.3) is 0 Å². The van der Waals surface area contributed by atoms with Crippen LogP contribution in [-0.2, 0) is 14.3 Å². The summed E-state index contributed by atoms with van der Waals surface area (Å²) in [6.07, 6.45) is 12.8. The molecule has 35 heavy (non-hydrogen) atoms. The maximum absolute atomic E-state index is 12.8. The van der Waals surface area contributed by atoms with E-state index in [0.29, 0.717) is 30.0 Å². The molecule has 2 aliphatic carbocycles. The smallest absolute Gasteiger partial charge is 0.306 e. The summed E-state index contributed by atoms with van der Waals surface area (Å²) in [5.74, 6) is 3.43. The zero-order chi connectivity index (χ0) is 25.5. The van der Waals surface area contributed by atoms with Crippen LogP contribution in [0.15, 0.2) is 11.6 Å². The van der Waals surface area contributed by atoms with Gasteiger partial charge in [0.25, 0.3) is 0 Å². The summed E-state index contributed by atoms with van der Waals surface area (Å²) in [7, 11) is 0. The van der Waals surface area contributed by atoms with Crippen LogP contribution >= 0.6 is 0 Å². The highest BCUT2D eigenvalue weighted by molar-refractivity contribution is 5.84. The Bertz CT molecular complexity index is 831. The van der Waals surface area contributed by atoms with Crippen molar-refractivity contribution < 1.29 is 14.3 Å². The summed E-state index contributed by atoms with van der Waals surface area (Å²) in [5.41, 5.74) is 1.79. The number of ether oxygens (including phenoxy) is 1. The second-order valence-corrected chi connectivity index (χ2v) is 13.4. The van der Waals surface area contributed by atoms with Gasteiger partial charge in [0.1, 0.15) is 11.9 Å². The van der Waals surface area contributed by atoms with E-state index in [4.69, 9.17) is 4.74 Å². The Morgan fingerprint density at radius 3 is 2.57 bits per heavy atom. The first kappa shape index (κ1) is 26.9. The predicted octanol–water partition coefficient (Wildman–Crippen LogP) is 6.97. The maximum atomic E-state index is 12.8. The number of nitrogens with zero attached hydrogens (tertiary/aromatic N) is 1. The van der Waals surface area contributed by atoms with E-state index in [-0.39, 0.29) is 29.1 Å². The highest BCUT2D eigenvalue weighted by atomic mass is 16.5. The SMILES string of the molecule is CC(C)=CCCC(C)CC(=O)OC(C)[C@H]1CC[C@H]2[C@@H]3CCN4C(C)C(=O)CC[C@]4(C)[C@H]3CC[C@]12C. The summed E-state index contributed by atoms with van der Waals surface area (Å²) in [4.78, 5) is 27.8. The van der Waals surface area contributed by atoms with Gasteiger partial charge in [0, 0.05) is 24.3 Å². The molecule has 2 saturated carbocycles. The van der Waals surface area contributed by atoms with Gasteiger partial charge in [-0.1, -0.05) is 25.5 Å². The number of carbonyl (C=O) groups excluding carboxylic acids is 2. The zero-order valence-corrected chi connectivity index (χ0v) is 23.6. The molecule has 0 aromatic heterocycles. The lowest BCUT2D eigenvalue weighted by Crippen LogP contribution is -2.67. The lowest BCUT2D eigenvalue weighted by atomic mass is 9.51. The molecule has 4 heteroatoms. The van der Waals surface area contributed by atoms with Crippen LogP contribution in [0, 0.1) is 35.0 Å². The molecule has 0 N–H and O–H groups in total. The van der Waals surface area contributed by atoms with E-state index in [2.05, 4.69) is 59.4 Å². The largest absolute Gasteiger partial charge is 0.462 e. The molecule has 4 fully saturated rings. The number of hydrogen-bond donors (Lipinski definition) is 0. The summed E-state index contributed by atoms with van der Waals surface area (Å²) in [5, 5.41) is 0. The minimum atomic E-state index is -0.00962. The molecule has 4 rings (SSSR count). The van der Waals surface area contributed by atoms with E-state index in [1.165, 1.54) is 37.7 Å². The summed E-state index contributed by atoms with van der Waals surface area (Å²) < 4.78 is 6.11. The number of carbonyl (C=O) groups is 2. The molecule has 0 aromatic rings. The Morgan fingerprint density at radius 1 is 1.11 bits per heavy atom. The average Bonchev–Trinajstić information content (AvgIpc) is 3.13. The van der Waals surface area contributed by atoms with E-state index >= 15 is 0 Å². The van der Waals surface area contributed by atoms with Crippen molar-refractivity contribution in [1.82, 2.24) is 4.90 Å². The fraction of sp³-hybridized carbons (Fsp3) is 0.871. The van der Waals surface area contributed by atoms with Crippen molar-refractivity contribution in [1.29, 1.82) is 0 Å². The Labute approximate surface area is 214 Å². The molecule has 198 valence electrons. The van der Waals surface area contributed by atoms with Gasteiger partial charge in [-0.2, -0.15) is 0 Å². The van der Waals surface area contributed by atoms with Crippen molar-refractivity contribution in [2.75, 3.05) is 6.54 Å². The predicted molar refractivity (Wildman–Crippen MR) is 142 cm³/mol. The van der Waals surface area contributed by atoms with Crippen molar-refractivity contribution in [3.8, 4) is 0 Å². The third-order valence-corrected chi connectivity index (χ3v) is 11.1. The second kappa shape index (κ2) is 10.3. The van der Waals surface area contributed by atoms with Crippen molar-refractivity contribution in [2.24, 2.45) is 35.0 Å². The molecular weight excluding hydrogens is 434 g/mol. The van der Waals surface area contributed by atoms with Crippen LogP contribution in [0.3, 0.4) is 0 Å². The van der Waals surface area contributed by atoms with Gasteiger partial charge >= 0.3 is 5.97 Å². The summed E-state index contributed by atoms with van der Waals surface area (Å²) >= 11 is 0. The molecule has 0 amide bonds. The van der Waals surface area contributed by atoms with Crippen LogP contribution in [0.1, 0.15) is 113 Å². The van der Waals surface area contributed by atoms with Crippen LogP contribution in [-0.4, -0.2) is 40.9 Å². The average molecular weight is 486 g/mol. The van der Waals surface area contributed by atoms with Gasteiger partial charge in [0.2, 0.25) is 0 Å². The Morgan fingerprint density at radius 2 is 1.86 bits per heavy atom. The number of rotatable bonds is 7. The molecule has 4 nitrogen and oxygen atoms in total. The zero-order valence-electron chi connectivity index (χ0n) is 23.6. The maximum Gasteiger partial charge on any atom is 0.306 e. The van der Waals surface area contributed by atoms with E-state index < -0.39 is 0 Å². The number of fused-ring (bicyclic) bond motifs is 5. The minimum absolute atomic E-state index is 0.00188. The van der Waals surface area contributed by atoms with Gasteiger partial charge in [-0.15, -0.1) is 0 Å². The van der Waals surface area contributed by atoms with Gasteiger partial charge in [-0.3, -0.25) is 14.5 Å². The summed E-state index contributed by atoms with van der Waals surface area (Å²) in [6, 6.07) is 0.0863. The number of esters is 1. The third-order valence-electron chi connectivity index (χ3n) is 11.1. The van der Waals surface area contributed by atoms with E-state index in [1.807, 2.05) is 0 Å². The van der Waals surface area contributed by atoms with Gasteiger partial charge in [-0.25, -0.2) is 0 Å². The second-order valence-electron chi connectivity index (χ2n) is 13.4. The molecule has 0 aromatic carbocycles. The van der Waals surface area contributed by atoms with Gasteiger partial charge in [0.05, 0.1) is 6.04 Å². The van der Waals surface area contributed by atoms with Crippen molar-refractivity contribution in [3.05, 3.63) is 11.6 Å². The minimum Gasteiger partial charge on any atom is -0.462 e. The van der Waals surface area contributed by atoms with Gasteiger partial charge < -0.3 is 4.74 Å². The lowest BCUT2D eigenvalue weighted by Gasteiger charge is -2.62. The number of piperidine rings is 2. The summed E-state index contributed by atoms with van der Waals surface area (Å²) in [6.45, 7) is 16.8. The number of allylic oxidation sites excluding steroid dienone is 2. The van der Waals surface area contributed by atoms with Crippen molar-refractivity contribution >= 4 is 11.8 Å². The molecular formula is C31H51NO3. The molecule has 0 radical (unpaired) electrons. The highest BCUT2D eigenvalue weighted by Gasteiger charge is 2.61.